The van der Waals surface area contributed by atoms with E-state index in [0.717, 1.165) is 19.4 Å². The fraction of sp³-hybridized carbons (Fsp3) is 0.857. The summed E-state index contributed by atoms with van der Waals surface area (Å²) in [5.41, 5.74) is -0.806. The molecule has 0 saturated carbocycles. The van der Waals surface area contributed by atoms with Crippen LogP contribution in [0.1, 0.15) is 32.6 Å². The van der Waals surface area contributed by atoms with Gasteiger partial charge in [0, 0.05) is 25.7 Å². The van der Waals surface area contributed by atoms with Gasteiger partial charge in [0.2, 0.25) is 0 Å². The fourth-order valence-electron chi connectivity index (χ4n) is 3.14. The number of likely N-dealkylation sites (N-methyl/N-ethyl adjacent to an activating group) is 1. The zero-order valence-corrected chi connectivity index (χ0v) is 12.4. The first-order chi connectivity index (χ1) is 9.42. The van der Waals surface area contributed by atoms with Gasteiger partial charge in [-0.2, -0.15) is 0 Å². The summed E-state index contributed by atoms with van der Waals surface area (Å²) in [6.45, 7) is 4.40. The van der Waals surface area contributed by atoms with Gasteiger partial charge in [0.15, 0.2) is 0 Å². The van der Waals surface area contributed by atoms with E-state index in [9.17, 15) is 14.7 Å². The number of amides is 2. The van der Waals surface area contributed by atoms with Crippen LogP contribution >= 0.6 is 0 Å². The molecule has 2 saturated heterocycles. The number of aliphatic carboxylic acids is 1. The fourth-order valence-corrected chi connectivity index (χ4v) is 3.14. The van der Waals surface area contributed by atoms with Gasteiger partial charge in [0.05, 0.1) is 5.41 Å². The van der Waals surface area contributed by atoms with E-state index in [1.807, 2.05) is 0 Å². The Bertz CT molecular complexity index is 388. The molecule has 0 aromatic carbocycles. The first-order valence-electron chi connectivity index (χ1n) is 7.39. The molecule has 0 aromatic rings. The highest BCUT2D eigenvalue weighted by Crippen LogP contribution is 2.29. The predicted octanol–water partition coefficient (Wildman–Crippen LogP) is 0.977. The summed E-state index contributed by atoms with van der Waals surface area (Å²) in [6, 6.07) is 0.284. The van der Waals surface area contributed by atoms with Gasteiger partial charge < -0.3 is 20.2 Å². The number of carbonyl (C=O) groups is 2. The van der Waals surface area contributed by atoms with Crippen molar-refractivity contribution < 1.29 is 14.7 Å². The number of urea groups is 1. The van der Waals surface area contributed by atoms with Crippen LogP contribution in [-0.4, -0.2) is 66.2 Å². The summed E-state index contributed by atoms with van der Waals surface area (Å²) in [5.74, 6) is -0.814. The van der Waals surface area contributed by atoms with Crippen LogP contribution in [0.2, 0.25) is 0 Å². The molecule has 0 aliphatic carbocycles. The molecule has 2 heterocycles. The van der Waals surface area contributed by atoms with Crippen LogP contribution in [0.3, 0.4) is 0 Å². The number of carboxylic acid groups (broad SMARTS) is 1. The Balaban J connectivity index is 1.84. The molecule has 2 aliphatic rings. The topological polar surface area (TPSA) is 72.9 Å². The average Bonchev–Trinajstić information content (AvgIpc) is 2.81. The molecule has 114 valence electrons. The van der Waals surface area contributed by atoms with E-state index in [1.165, 1.54) is 6.42 Å². The Morgan fingerprint density at radius 1 is 1.35 bits per heavy atom. The maximum Gasteiger partial charge on any atom is 0.317 e. The molecule has 2 aliphatic heterocycles. The molecule has 2 amide bonds. The van der Waals surface area contributed by atoms with E-state index in [0.29, 0.717) is 32.1 Å². The summed E-state index contributed by atoms with van der Waals surface area (Å²) < 4.78 is 0. The van der Waals surface area contributed by atoms with Gasteiger partial charge >= 0.3 is 12.0 Å². The monoisotopic (exact) mass is 283 g/mol. The molecule has 0 spiro atoms. The maximum absolute atomic E-state index is 12.2. The molecule has 20 heavy (non-hydrogen) atoms. The molecule has 6 heteroatoms. The van der Waals surface area contributed by atoms with E-state index in [1.54, 1.807) is 11.8 Å². The molecule has 2 unspecified atom stereocenters. The maximum atomic E-state index is 12.2. The summed E-state index contributed by atoms with van der Waals surface area (Å²) in [6.07, 6.45) is 3.68. The first kappa shape index (κ1) is 15.1. The lowest BCUT2D eigenvalue weighted by Gasteiger charge is -2.37. The van der Waals surface area contributed by atoms with Crippen LogP contribution in [0.5, 0.6) is 0 Å². The number of nitrogens with zero attached hydrogens (tertiary/aromatic N) is 2. The lowest BCUT2D eigenvalue weighted by Crippen LogP contribution is -2.52. The smallest absolute Gasteiger partial charge is 0.317 e. The number of rotatable bonds is 3. The average molecular weight is 283 g/mol. The molecule has 6 nitrogen and oxygen atoms in total. The van der Waals surface area contributed by atoms with Crippen molar-refractivity contribution in [1.82, 2.24) is 15.1 Å². The molecule has 2 fully saturated rings. The zero-order valence-electron chi connectivity index (χ0n) is 12.4. The largest absolute Gasteiger partial charge is 0.481 e. The molecular formula is C14H25N3O3. The SMILES string of the molecule is CN1CCCC1CNC(=O)N1CCCC(C)(C(=O)O)C1. The van der Waals surface area contributed by atoms with Gasteiger partial charge in [0.1, 0.15) is 0 Å². The summed E-state index contributed by atoms with van der Waals surface area (Å²) >= 11 is 0. The van der Waals surface area contributed by atoms with Crippen molar-refractivity contribution in [2.24, 2.45) is 5.41 Å². The number of carbonyl (C=O) groups excluding carboxylic acids is 1. The number of hydrogen-bond acceptors (Lipinski definition) is 3. The van der Waals surface area contributed by atoms with Crippen molar-refractivity contribution in [3.8, 4) is 0 Å². The highest BCUT2D eigenvalue weighted by Gasteiger charge is 2.39. The van der Waals surface area contributed by atoms with Gasteiger partial charge in [0.25, 0.3) is 0 Å². The van der Waals surface area contributed by atoms with Gasteiger partial charge in [-0.3, -0.25) is 4.79 Å². The van der Waals surface area contributed by atoms with Crippen LogP contribution < -0.4 is 5.32 Å². The Labute approximate surface area is 120 Å². The second-order valence-corrected chi connectivity index (χ2v) is 6.35. The van der Waals surface area contributed by atoms with Crippen molar-refractivity contribution in [3.05, 3.63) is 0 Å². The second-order valence-electron chi connectivity index (χ2n) is 6.35. The van der Waals surface area contributed by atoms with Crippen LogP contribution in [0.15, 0.2) is 0 Å². The molecule has 2 atom stereocenters. The van der Waals surface area contributed by atoms with E-state index in [4.69, 9.17) is 0 Å². The number of carboxylic acids is 1. The Morgan fingerprint density at radius 3 is 2.70 bits per heavy atom. The lowest BCUT2D eigenvalue weighted by molar-refractivity contribution is -0.150. The third-order valence-corrected chi connectivity index (χ3v) is 4.66. The normalized spacial score (nSPS) is 31.3. The van der Waals surface area contributed by atoms with Crippen LogP contribution in [0, 0.1) is 5.41 Å². The summed E-state index contributed by atoms with van der Waals surface area (Å²) in [4.78, 5) is 27.4. The molecule has 0 bridgehead atoms. The quantitative estimate of drug-likeness (QED) is 0.810. The summed E-state index contributed by atoms with van der Waals surface area (Å²) in [5, 5.41) is 12.2. The number of piperidine rings is 1. The van der Waals surface area contributed by atoms with Gasteiger partial charge in [-0.05, 0) is 46.2 Å². The minimum atomic E-state index is -0.814. The van der Waals surface area contributed by atoms with E-state index >= 15 is 0 Å². The van der Waals surface area contributed by atoms with Crippen LogP contribution in [0.25, 0.3) is 0 Å². The van der Waals surface area contributed by atoms with Crippen molar-refractivity contribution >= 4 is 12.0 Å². The lowest BCUT2D eigenvalue weighted by atomic mass is 9.82. The van der Waals surface area contributed by atoms with Crippen molar-refractivity contribution in [2.75, 3.05) is 33.2 Å². The second kappa shape index (κ2) is 5.99. The first-order valence-corrected chi connectivity index (χ1v) is 7.39. The highest BCUT2D eigenvalue weighted by molar-refractivity contribution is 5.78. The Morgan fingerprint density at radius 2 is 2.10 bits per heavy atom. The third-order valence-electron chi connectivity index (χ3n) is 4.66. The minimum Gasteiger partial charge on any atom is -0.481 e. The van der Waals surface area contributed by atoms with Crippen LogP contribution in [-0.2, 0) is 4.79 Å². The van der Waals surface area contributed by atoms with Crippen molar-refractivity contribution in [2.45, 2.75) is 38.6 Å². The molecule has 0 radical (unpaired) electrons. The van der Waals surface area contributed by atoms with E-state index in [2.05, 4.69) is 17.3 Å². The molecule has 2 N–H and O–H groups in total. The minimum absolute atomic E-state index is 0.127. The Kier molecular flexibility index (Phi) is 4.52. The van der Waals surface area contributed by atoms with E-state index < -0.39 is 11.4 Å². The van der Waals surface area contributed by atoms with Gasteiger partial charge in [-0.25, -0.2) is 4.79 Å². The van der Waals surface area contributed by atoms with Crippen molar-refractivity contribution in [3.63, 3.8) is 0 Å². The highest BCUT2D eigenvalue weighted by atomic mass is 16.4. The van der Waals surface area contributed by atoms with E-state index in [-0.39, 0.29) is 6.03 Å². The molecular weight excluding hydrogens is 258 g/mol. The van der Waals surface area contributed by atoms with Crippen LogP contribution in [0.4, 0.5) is 4.79 Å². The number of hydrogen-bond donors (Lipinski definition) is 2. The number of likely N-dealkylation sites (tertiary alicyclic amines) is 2. The predicted molar refractivity (Wildman–Crippen MR) is 75.6 cm³/mol. The Hall–Kier alpha value is -1.30. The standard InChI is InChI=1S/C14H25N3O3/c1-14(12(18)19)6-4-8-17(10-14)13(20)15-9-11-5-3-7-16(11)2/h11H,3-10H2,1-2H3,(H,15,20)(H,18,19). The zero-order chi connectivity index (χ0) is 14.8. The number of nitrogens with one attached hydrogen (secondary N) is 1. The molecule has 2 rings (SSSR count). The van der Waals surface area contributed by atoms with Gasteiger partial charge in [-0.15, -0.1) is 0 Å². The summed E-state index contributed by atoms with van der Waals surface area (Å²) in [7, 11) is 2.08. The molecule has 0 aromatic heterocycles. The third kappa shape index (κ3) is 3.23. The van der Waals surface area contributed by atoms with Gasteiger partial charge in [-0.1, -0.05) is 0 Å². The van der Waals surface area contributed by atoms with Crippen molar-refractivity contribution in [1.29, 1.82) is 0 Å².